The van der Waals surface area contributed by atoms with Crippen LogP contribution in [0.25, 0.3) is 5.69 Å². The third-order valence-electron chi connectivity index (χ3n) is 4.01. The van der Waals surface area contributed by atoms with Gasteiger partial charge in [0, 0.05) is 18.1 Å². The number of hydrogen-bond donors (Lipinski definition) is 1. The number of nitrogens with zero attached hydrogens (tertiary/aromatic N) is 2. The summed E-state index contributed by atoms with van der Waals surface area (Å²) in [4.78, 5) is 15.2. The average Bonchev–Trinajstić information content (AvgIpc) is 3.18. The van der Waals surface area contributed by atoms with E-state index in [1.165, 1.54) is 0 Å². The summed E-state index contributed by atoms with van der Waals surface area (Å²) in [5, 5.41) is 9.05. The summed E-state index contributed by atoms with van der Waals surface area (Å²) < 4.78 is 2.02. The second-order valence-electron chi connectivity index (χ2n) is 5.48. The van der Waals surface area contributed by atoms with Crippen LogP contribution in [0.1, 0.15) is 36.6 Å². The van der Waals surface area contributed by atoms with Crippen LogP contribution in [-0.2, 0) is 4.79 Å². The number of benzene rings is 1. The molecule has 4 nitrogen and oxygen atoms in total. The molecule has 1 aliphatic carbocycles. The van der Waals surface area contributed by atoms with Gasteiger partial charge in [-0.15, -0.1) is 0 Å². The molecule has 104 valence electrons. The van der Waals surface area contributed by atoms with Crippen molar-refractivity contribution >= 4 is 5.97 Å². The van der Waals surface area contributed by atoms with Crippen LogP contribution < -0.4 is 0 Å². The van der Waals surface area contributed by atoms with Gasteiger partial charge in [0.2, 0.25) is 0 Å². The summed E-state index contributed by atoms with van der Waals surface area (Å²) in [6, 6.07) is 8.20. The summed E-state index contributed by atoms with van der Waals surface area (Å²) in [6.07, 6.45) is 6.25. The molecule has 1 aromatic carbocycles. The Morgan fingerprint density at radius 1 is 1.40 bits per heavy atom. The number of hydrogen-bond acceptors (Lipinski definition) is 2. The molecule has 0 bridgehead atoms. The van der Waals surface area contributed by atoms with Gasteiger partial charge in [-0.25, -0.2) is 4.98 Å². The lowest BCUT2D eigenvalue weighted by molar-refractivity contribution is -0.137. The monoisotopic (exact) mass is 270 g/mol. The standard InChI is InChI=1S/C16H18N2O2/c1-11-17-8-9-18(11)14-6-4-13(5-7-14)15(10-16(19)20)12-2-3-12/h4-9,12,15H,2-3,10H2,1H3,(H,19,20). The number of rotatable bonds is 5. The molecule has 3 rings (SSSR count). The van der Waals surface area contributed by atoms with Crippen molar-refractivity contribution in [2.75, 3.05) is 0 Å². The number of carbonyl (C=O) groups is 1. The van der Waals surface area contributed by atoms with E-state index in [0.717, 1.165) is 29.9 Å². The third-order valence-corrected chi connectivity index (χ3v) is 4.01. The van der Waals surface area contributed by atoms with E-state index < -0.39 is 5.97 Å². The summed E-state index contributed by atoms with van der Waals surface area (Å²) in [6.45, 7) is 1.96. The Kier molecular flexibility index (Phi) is 3.30. The molecule has 4 heteroatoms. The Morgan fingerprint density at radius 2 is 2.10 bits per heavy atom. The summed E-state index contributed by atoms with van der Waals surface area (Å²) in [7, 11) is 0. The van der Waals surface area contributed by atoms with Crippen molar-refractivity contribution in [1.82, 2.24) is 9.55 Å². The van der Waals surface area contributed by atoms with Gasteiger partial charge in [-0.05, 0) is 49.3 Å². The summed E-state index contributed by atoms with van der Waals surface area (Å²) in [5.41, 5.74) is 2.20. The molecule has 1 heterocycles. The van der Waals surface area contributed by atoms with Crippen LogP contribution in [0.15, 0.2) is 36.7 Å². The predicted molar refractivity (Wildman–Crippen MR) is 76.0 cm³/mol. The van der Waals surface area contributed by atoms with Crippen molar-refractivity contribution in [2.45, 2.75) is 32.1 Å². The highest BCUT2D eigenvalue weighted by atomic mass is 16.4. The molecule has 0 amide bonds. The molecule has 1 N–H and O–H groups in total. The Labute approximate surface area is 118 Å². The van der Waals surface area contributed by atoms with Gasteiger partial charge in [0.05, 0.1) is 6.42 Å². The topological polar surface area (TPSA) is 55.1 Å². The van der Waals surface area contributed by atoms with Crippen LogP contribution in [-0.4, -0.2) is 20.6 Å². The van der Waals surface area contributed by atoms with Gasteiger partial charge in [-0.2, -0.15) is 0 Å². The first kappa shape index (κ1) is 12.9. The molecule has 1 saturated carbocycles. The van der Waals surface area contributed by atoms with Crippen molar-refractivity contribution in [3.63, 3.8) is 0 Å². The second kappa shape index (κ2) is 5.12. The highest BCUT2D eigenvalue weighted by Gasteiger charge is 2.33. The van der Waals surface area contributed by atoms with Crippen LogP contribution in [0, 0.1) is 12.8 Å². The fraction of sp³-hybridized carbons (Fsp3) is 0.375. The van der Waals surface area contributed by atoms with E-state index in [1.807, 2.05) is 29.8 Å². The first-order valence-corrected chi connectivity index (χ1v) is 6.97. The molecule has 1 aliphatic rings. The lowest BCUT2D eigenvalue weighted by Gasteiger charge is -2.15. The smallest absolute Gasteiger partial charge is 0.303 e. The lowest BCUT2D eigenvalue weighted by Crippen LogP contribution is -2.08. The minimum Gasteiger partial charge on any atom is -0.481 e. The zero-order chi connectivity index (χ0) is 14.1. The van der Waals surface area contributed by atoms with Gasteiger partial charge in [0.1, 0.15) is 5.82 Å². The van der Waals surface area contributed by atoms with Gasteiger partial charge in [-0.3, -0.25) is 4.79 Å². The maximum atomic E-state index is 11.0. The summed E-state index contributed by atoms with van der Waals surface area (Å²) >= 11 is 0. The van der Waals surface area contributed by atoms with E-state index in [-0.39, 0.29) is 12.3 Å². The number of aryl methyl sites for hydroxylation is 1. The van der Waals surface area contributed by atoms with Crippen LogP contribution in [0.3, 0.4) is 0 Å². The van der Waals surface area contributed by atoms with Crippen LogP contribution in [0.2, 0.25) is 0 Å². The minimum atomic E-state index is -0.712. The van der Waals surface area contributed by atoms with Crippen molar-refractivity contribution in [3.05, 3.63) is 48.0 Å². The van der Waals surface area contributed by atoms with E-state index in [9.17, 15) is 4.79 Å². The molecule has 0 aliphatic heterocycles. The lowest BCUT2D eigenvalue weighted by atomic mass is 9.91. The molecule has 1 atom stereocenters. The number of imidazole rings is 1. The van der Waals surface area contributed by atoms with Crippen molar-refractivity contribution < 1.29 is 9.90 Å². The van der Waals surface area contributed by atoms with E-state index >= 15 is 0 Å². The van der Waals surface area contributed by atoms with Crippen molar-refractivity contribution in [1.29, 1.82) is 0 Å². The molecular weight excluding hydrogens is 252 g/mol. The van der Waals surface area contributed by atoms with Gasteiger partial charge < -0.3 is 9.67 Å². The summed E-state index contributed by atoms with van der Waals surface area (Å²) in [5.74, 6) is 0.941. The van der Waals surface area contributed by atoms with Gasteiger partial charge >= 0.3 is 5.97 Å². The molecule has 0 spiro atoms. The number of aromatic nitrogens is 2. The Hall–Kier alpha value is -2.10. The highest BCUT2D eigenvalue weighted by Crippen LogP contribution is 2.44. The largest absolute Gasteiger partial charge is 0.481 e. The van der Waals surface area contributed by atoms with Crippen molar-refractivity contribution in [2.24, 2.45) is 5.92 Å². The zero-order valence-electron chi connectivity index (χ0n) is 11.5. The van der Waals surface area contributed by atoms with Crippen LogP contribution in [0.4, 0.5) is 0 Å². The number of carboxylic acids is 1. The van der Waals surface area contributed by atoms with E-state index in [4.69, 9.17) is 5.11 Å². The number of carboxylic acid groups (broad SMARTS) is 1. The molecule has 1 aromatic heterocycles. The van der Waals surface area contributed by atoms with Crippen LogP contribution in [0.5, 0.6) is 0 Å². The molecule has 1 fully saturated rings. The maximum absolute atomic E-state index is 11.0. The Morgan fingerprint density at radius 3 is 2.60 bits per heavy atom. The van der Waals surface area contributed by atoms with E-state index in [0.29, 0.717) is 5.92 Å². The predicted octanol–water partition coefficient (Wildman–Crippen LogP) is 3.15. The van der Waals surface area contributed by atoms with E-state index in [2.05, 4.69) is 17.1 Å². The Bertz CT molecular complexity index is 612. The molecule has 0 saturated heterocycles. The van der Waals surface area contributed by atoms with E-state index in [1.54, 1.807) is 6.20 Å². The molecule has 20 heavy (non-hydrogen) atoms. The average molecular weight is 270 g/mol. The number of aliphatic carboxylic acids is 1. The van der Waals surface area contributed by atoms with Gasteiger partial charge in [-0.1, -0.05) is 12.1 Å². The maximum Gasteiger partial charge on any atom is 0.303 e. The molecular formula is C16H18N2O2. The second-order valence-corrected chi connectivity index (χ2v) is 5.48. The fourth-order valence-corrected chi connectivity index (χ4v) is 2.78. The quantitative estimate of drug-likeness (QED) is 0.908. The first-order chi connectivity index (χ1) is 9.65. The van der Waals surface area contributed by atoms with Gasteiger partial charge in [0.15, 0.2) is 0 Å². The molecule has 2 aromatic rings. The zero-order valence-corrected chi connectivity index (χ0v) is 11.5. The molecule has 0 radical (unpaired) electrons. The van der Waals surface area contributed by atoms with Crippen molar-refractivity contribution in [3.8, 4) is 5.69 Å². The van der Waals surface area contributed by atoms with Gasteiger partial charge in [0.25, 0.3) is 0 Å². The first-order valence-electron chi connectivity index (χ1n) is 6.97. The minimum absolute atomic E-state index is 0.158. The SMILES string of the molecule is Cc1nccn1-c1ccc(C(CC(=O)O)C2CC2)cc1. The third kappa shape index (κ3) is 2.59. The fourth-order valence-electron chi connectivity index (χ4n) is 2.78. The highest BCUT2D eigenvalue weighted by molar-refractivity contribution is 5.68. The Balaban J connectivity index is 1.84. The normalized spacial score (nSPS) is 16.1. The molecule has 1 unspecified atom stereocenters. The van der Waals surface area contributed by atoms with Crippen LogP contribution >= 0.6 is 0 Å².